The maximum atomic E-state index is 12.6. The molecule has 26 heavy (non-hydrogen) atoms. The van der Waals surface area contributed by atoms with Gasteiger partial charge in [-0.1, -0.05) is 40.2 Å². The summed E-state index contributed by atoms with van der Waals surface area (Å²) in [7, 11) is 0. The number of carbonyl (C=O) groups is 1. The van der Waals surface area contributed by atoms with Crippen molar-refractivity contribution in [3.8, 4) is 5.75 Å². The van der Waals surface area contributed by atoms with Gasteiger partial charge in [-0.3, -0.25) is 4.79 Å². The summed E-state index contributed by atoms with van der Waals surface area (Å²) in [5, 5.41) is 2.92. The van der Waals surface area contributed by atoms with Crippen LogP contribution in [-0.2, 0) is 16.8 Å². The molecule has 0 radical (unpaired) electrons. The number of ether oxygens (including phenoxy) is 1. The highest BCUT2D eigenvalue weighted by atomic mass is 79.9. The van der Waals surface area contributed by atoms with Crippen LogP contribution in [0.25, 0.3) is 0 Å². The predicted molar refractivity (Wildman–Crippen MR) is 94.9 cm³/mol. The first-order valence-corrected chi connectivity index (χ1v) is 8.91. The average Bonchev–Trinajstić information content (AvgIpc) is 3.40. The molecule has 1 aliphatic carbocycles. The molecule has 1 fully saturated rings. The third kappa shape index (κ3) is 4.58. The van der Waals surface area contributed by atoms with Gasteiger partial charge in [0.25, 0.3) is 0 Å². The summed E-state index contributed by atoms with van der Waals surface area (Å²) in [5.74, 6) is 0.114. The van der Waals surface area contributed by atoms with Gasteiger partial charge in [0.05, 0.1) is 5.41 Å². The zero-order valence-electron chi connectivity index (χ0n) is 13.8. The zero-order valence-corrected chi connectivity index (χ0v) is 15.4. The number of carbonyl (C=O) groups excluding carboxylic acids is 1. The van der Waals surface area contributed by atoms with E-state index in [0.717, 1.165) is 28.4 Å². The summed E-state index contributed by atoms with van der Waals surface area (Å²) >= 11 is 3.39. The van der Waals surface area contributed by atoms with Gasteiger partial charge in [0.2, 0.25) is 5.91 Å². The molecule has 1 aliphatic rings. The predicted octanol–water partition coefficient (Wildman–Crippen LogP) is 4.74. The number of benzene rings is 2. The van der Waals surface area contributed by atoms with E-state index in [-0.39, 0.29) is 11.7 Å². The van der Waals surface area contributed by atoms with Crippen LogP contribution in [0.2, 0.25) is 0 Å². The molecule has 1 saturated carbocycles. The third-order valence-electron chi connectivity index (χ3n) is 4.36. The number of hydrogen-bond acceptors (Lipinski definition) is 2. The highest BCUT2D eigenvalue weighted by Gasteiger charge is 2.51. The number of nitrogens with one attached hydrogen (secondary N) is 1. The van der Waals surface area contributed by atoms with Crippen LogP contribution in [-0.4, -0.2) is 18.7 Å². The summed E-state index contributed by atoms with van der Waals surface area (Å²) in [4.78, 5) is 12.6. The molecule has 0 unspecified atom stereocenters. The molecule has 0 aliphatic heterocycles. The molecule has 2 aromatic carbocycles. The topological polar surface area (TPSA) is 38.3 Å². The Morgan fingerprint density at radius 2 is 1.69 bits per heavy atom. The van der Waals surface area contributed by atoms with Crippen LogP contribution in [0.3, 0.4) is 0 Å². The first kappa shape index (κ1) is 18.8. The maximum Gasteiger partial charge on any atom is 0.422 e. The Bertz CT molecular complexity index is 769. The molecule has 1 N–H and O–H groups in total. The Labute approximate surface area is 157 Å². The Hall–Kier alpha value is -2.02. The van der Waals surface area contributed by atoms with E-state index >= 15 is 0 Å². The van der Waals surface area contributed by atoms with Crippen LogP contribution in [0.5, 0.6) is 5.75 Å². The molecule has 0 spiro atoms. The molecular formula is C19H17BrF3NO2. The summed E-state index contributed by atoms with van der Waals surface area (Å²) in [6, 6.07) is 14.0. The highest BCUT2D eigenvalue weighted by molar-refractivity contribution is 9.10. The van der Waals surface area contributed by atoms with Crippen molar-refractivity contribution in [2.75, 3.05) is 6.61 Å². The quantitative estimate of drug-likeness (QED) is 0.722. The van der Waals surface area contributed by atoms with Gasteiger partial charge in [-0.25, -0.2) is 0 Å². The molecule has 2 aromatic rings. The fraction of sp³-hybridized carbons (Fsp3) is 0.316. The van der Waals surface area contributed by atoms with Crippen molar-refractivity contribution in [3.63, 3.8) is 0 Å². The van der Waals surface area contributed by atoms with Crippen molar-refractivity contribution < 1.29 is 22.7 Å². The van der Waals surface area contributed by atoms with E-state index < -0.39 is 18.2 Å². The maximum absolute atomic E-state index is 12.6. The van der Waals surface area contributed by atoms with Gasteiger partial charge < -0.3 is 10.1 Å². The molecule has 0 bridgehead atoms. The van der Waals surface area contributed by atoms with Crippen molar-refractivity contribution in [1.29, 1.82) is 0 Å². The average molecular weight is 428 g/mol. The summed E-state index contributed by atoms with van der Waals surface area (Å²) in [6.07, 6.45) is -2.74. The van der Waals surface area contributed by atoms with Crippen molar-refractivity contribution >= 4 is 21.8 Å². The van der Waals surface area contributed by atoms with Gasteiger partial charge in [-0.2, -0.15) is 13.2 Å². The van der Waals surface area contributed by atoms with E-state index in [4.69, 9.17) is 0 Å². The smallest absolute Gasteiger partial charge is 0.422 e. The van der Waals surface area contributed by atoms with Crippen molar-refractivity contribution in [3.05, 3.63) is 64.1 Å². The van der Waals surface area contributed by atoms with Gasteiger partial charge in [-0.05, 0) is 48.2 Å². The second-order valence-electron chi connectivity index (χ2n) is 6.32. The molecule has 7 heteroatoms. The molecule has 1 amide bonds. The Balaban J connectivity index is 1.55. The molecule has 138 valence electrons. The van der Waals surface area contributed by atoms with Gasteiger partial charge in [0, 0.05) is 11.0 Å². The first-order valence-electron chi connectivity index (χ1n) is 8.11. The molecule has 0 atom stereocenters. The number of halogens is 4. The van der Waals surface area contributed by atoms with E-state index in [0.29, 0.717) is 6.54 Å². The summed E-state index contributed by atoms with van der Waals surface area (Å²) < 4.78 is 42.0. The Morgan fingerprint density at radius 3 is 2.23 bits per heavy atom. The fourth-order valence-electron chi connectivity index (χ4n) is 2.76. The van der Waals surface area contributed by atoms with Gasteiger partial charge in [-0.15, -0.1) is 0 Å². The van der Waals surface area contributed by atoms with Crippen molar-refractivity contribution in [2.24, 2.45) is 0 Å². The number of alkyl halides is 3. The molecule has 3 rings (SSSR count). The van der Waals surface area contributed by atoms with E-state index in [2.05, 4.69) is 26.0 Å². The summed E-state index contributed by atoms with van der Waals surface area (Å²) in [5.41, 5.74) is 1.33. The lowest BCUT2D eigenvalue weighted by Crippen LogP contribution is -2.34. The summed E-state index contributed by atoms with van der Waals surface area (Å²) in [6.45, 7) is -1.00. The standard InChI is InChI=1S/C19H17BrF3NO2/c20-15-5-3-14(4-6-15)18(9-10-18)17(25)24-11-13-1-7-16(8-2-13)26-12-19(21,22)23/h1-8H,9-12H2,(H,24,25). The van der Waals surface area contributed by atoms with E-state index in [1.807, 2.05) is 24.3 Å². The van der Waals surface area contributed by atoms with Gasteiger partial charge in [0.1, 0.15) is 5.75 Å². The minimum atomic E-state index is -4.36. The lowest BCUT2D eigenvalue weighted by atomic mass is 9.95. The van der Waals surface area contributed by atoms with Gasteiger partial charge in [0.15, 0.2) is 6.61 Å². The van der Waals surface area contributed by atoms with E-state index in [9.17, 15) is 18.0 Å². The molecule has 3 nitrogen and oxygen atoms in total. The Kier molecular flexibility index (Phi) is 5.27. The minimum absolute atomic E-state index is 0.0304. The lowest BCUT2D eigenvalue weighted by Gasteiger charge is -2.16. The van der Waals surface area contributed by atoms with Crippen LogP contribution in [0.1, 0.15) is 24.0 Å². The lowest BCUT2D eigenvalue weighted by molar-refractivity contribution is -0.153. The molecule has 0 aromatic heterocycles. The second-order valence-corrected chi connectivity index (χ2v) is 7.24. The highest BCUT2D eigenvalue weighted by Crippen LogP contribution is 2.48. The monoisotopic (exact) mass is 427 g/mol. The van der Waals surface area contributed by atoms with E-state index in [1.54, 1.807) is 12.1 Å². The second kappa shape index (κ2) is 7.31. The molecule has 0 saturated heterocycles. The number of hydrogen-bond donors (Lipinski definition) is 1. The zero-order chi connectivity index (χ0) is 18.8. The van der Waals surface area contributed by atoms with Crippen LogP contribution >= 0.6 is 15.9 Å². The van der Waals surface area contributed by atoms with Crippen LogP contribution in [0.4, 0.5) is 13.2 Å². The largest absolute Gasteiger partial charge is 0.484 e. The van der Waals surface area contributed by atoms with Gasteiger partial charge >= 0.3 is 6.18 Å². The van der Waals surface area contributed by atoms with Crippen LogP contribution < -0.4 is 10.1 Å². The van der Waals surface area contributed by atoms with Crippen molar-refractivity contribution in [1.82, 2.24) is 5.32 Å². The minimum Gasteiger partial charge on any atom is -0.484 e. The molecule has 0 heterocycles. The third-order valence-corrected chi connectivity index (χ3v) is 4.89. The number of amides is 1. The fourth-order valence-corrected chi connectivity index (χ4v) is 3.03. The SMILES string of the molecule is O=C(NCc1ccc(OCC(F)(F)F)cc1)C1(c2ccc(Br)cc2)CC1. The van der Waals surface area contributed by atoms with Crippen LogP contribution in [0, 0.1) is 0 Å². The number of rotatable bonds is 6. The molecular weight excluding hydrogens is 411 g/mol. The Morgan fingerprint density at radius 1 is 1.08 bits per heavy atom. The normalized spacial score (nSPS) is 15.4. The first-order chi connectivity index (χ1) is 12.3. The van der Waals surface area contributed by atoms with E-state index in [1.165, 1.54) is 12.1 Å². The van der Waals surface area contributed by atoms with Crippen molar-refractivity contribution in [2.45, 2.75) is 31.0 Å². The van der Waals surface area contributed by atoms with Crippen LogP contribution in [0.15, 0.2) is 53.0 Å².